The molecule has 0 aliphatic carbocycles. The van der Waals surface area contributed by atoms with Gasteiger partial charge in [-0.25, -0.2) is 18.2 Å². The highest BCUT2D eigenvalue weighted by molar-refractivity contribution is 5.25. The van der Waals surface area contributed by atoms with Crippen molar-refractivity contribution in [2.75, 3.05) is 6.61 Å². The SMILES string of the molecule is CCn1c(C(C)F)nc2c1CN([C@H]1CO[C@H](c3cc(F)ccc3F)[C@@H](N)C1)C2. The highest BCUT2D eigenvalue weighted by Crippen LogP contribution is 2.35. The molecule has 8 heteroatoms. The molecule has 1 fully saturated rings. The van der Waals surface area contributed by atoms with E-state index < -0.39 is 30.0 Å². The molecule has 1 aromatic heterocycles. The molecule has 1 saturated heterocycles. The lowest BCUT2D eigenvalue weighted by atomic mass is 9.93. The smallest absolute Gasteiger partial charge is 0.155 e. The number of hydrogen-bond donors (Lipinski definition) is 1. The van der Waals surface area contributed by atoms with Crippen LogP contribution in [-0.2, 0) is 24.4 Å². The van der Waals surface area contributed by atoms with Gasteiger partial charge in [-0.2, -0.15) is 0 Å². The second-order valence-corrected chi connectivity index (χ2v) is 7.60. The number of benzene rings is 1. The summed E-state index contributed by atoms with van der Waals surface area (Å²) in [5.74, 6) is -0.543. The Morgan fingerprint density at radius 1 is 1.32 bits per heavy atom. The van der Waals surface area contributed by atoms with E-state index in [4.69, 9.17) is 10.5 Å². The van der Waals surface area contributed by atoms with Gasteiger partial charge in [-0.1, -0.05) is 0 Å². The number of nitrogens with two attached hydrogens (primary N) is 1. The maximum atomic E-state index is 14.1. The van der Waals surface area contributed by atoms with Gasteiger partial charge in [0.2, 0.25) is 0 Å². The van der Waals surface area contributed by atoms with E-state index in [1.165, 1.54) is 6.92 Å². The number of imidazole rings is 1. The van der Waals surface area contributed by atoms with E-state index in [1.807, 2.05) is 11.5 Å². The highest BCUT2D eigenvalue weighted by Gasteiger charge is 2.38. The van der Waals surface area contributed by atoms with Gasteiger partial charge in [0.1, 0.15) is 23.6 Å². The van der Waals surface area contributed by atoms with Gasteiger partial charge in [0.25, 0.3) is 0 Å². The zero-order chi connectivity index (χ0) is 20.0. The van der Waals surface area contributed by atoms with Gasteiger partial charge in [0.15, 0.2) is 6.17 Å². The zero-order valence-electron chi connectivity index (χ0n) is 16.0. The summed E-state index contributed by atoms with van der Waals surface area (Å²) < 4.78 is 49.2. The first-order chi connectivity index (χ1) is 13.4. The van der Waals surface area contributed by atoms with Gasteiger partial charge in [-0.15, -0.1) is 0 Å². The minimum atomic E-state index is -1.10. The molecule has 2 aliphatic heterocycles. The summed E-state index contributed by atoms with van der Waals surface area (Å²) in [5.41, 5.74) is 8.37. The quantitative estimate of drug-likeness (QED) is 0.864. The van der Waals surface area contributed by atoms with Crippen molar-refractivity contribution in [1.29, 1.82) is 0 Å². The average molecular weight is 394 g/mol. The second-order valence-electron chi connectivity index (χ2n) is 7.60. The van der Waals surface area contributed by atoms with Crippen LogP contribution in [0.25, 0.3) is 0 Å². The molecule has 4 atom stereocenters. The van der Waals surface area contributed by atoms with Crippen LogP contribution in [0.15, 0.2) is 18.2 Å². The maximum absolute atomic E-state index is 14.1. The van der Waals surface area contributed by atoms with Crippen LogP contribution in [0.5, 0.6) is 0 Å². The first kappa shape index (κ1) is 19.4. The number of alkyl halides is 1. The van der Waals surface area contributed by atoms with Gasteiger partial charge < -0.3 is 15.0 Å². The van der Waals surface area contributed by atoms with Crippen molar-refractivity contribution < 1.29 is 17.9 Å². The Bertz CT molecular complexity index is 869. The number of hydrogen-bond acceptors (Lipinski definition) is 4. The number of rotatable bonds is 4. The predicted octanol–water partition coefficient (Wildman–Crippen LogP) is 3.38. The Morgan fingerprint density at radius 3 is 2.79 bits per heavy atom. The molecule has 152 valence electrons. The molecular formula is C20H25F3N4O. The molecule has 0 bridgehead atoms. The molecule has 28 heavy (non-hydrogen) atoms. The molecule has 0 amide bonds. The number of ether oxygens (including phenoxy) is 1. The van der Waals surface area contributed by atoms with E-state index in [9.17, 15) is 13.2 Å². The van der Waals surface area contributed by atoms with Crippen LogP contribution in [0.3, 0.4) is 0 Å². The number of nitrogens with zero attached hydrogens (tertiary/aromatic N) is 3. The third-order valence-corrected chi connectivity index (χ3v) is 5.74. The molecule has 2 N–H and O–H groups in total. The lowest BCUT2D eigenvalue weighted by Crippen LogP contribution is -2.48. The van der Waals surface area contributed by atoms with Gasteiger partial charge in [0, 0.05) is 37.3 Å². The normalized spacial score (nSPS) is 26.4. The Labute approximate surface area is 162 Å². The van der Waals surface area contributed by atoms with E-state index in [2.05, 4.69) is 9.88 Å². The minimum absolute atomic E-state index is 0.0497. The summed E-state index contributed by atoms with van der Waals surface area (Å²) >= 11 is 0. The van der Waals surface area contributed by atoms with Crippen LogP contribution in [0.4, 0.5) is 13.2 Å². The lowest BCUT2D eigenvalue weighted by Gasteiger charge is -2.38. The number of halogens is 3. The molecule has 2 aromatic rings. The van der Waals surface area contributed by atoms with Crippen LogP contribution < -0.4 is 5.73 Å². The molecule has 1 unspecified atom stereocenters. The molecule has 3 heterocycles. The molecule has 0 spiro atoms. The zero-order valence-corrected chi connectivity index (χ0v) is 16.0. The van der Waals surface area contributed by atoms with Crippen molar-refractivity contribution in [1.82, 2.24) is 14.5 Å². The maximum Gasteiger partial charge on any atom is 0.155 e. The largest absolute Gasteiger partial charge is 0.370 e. The topological polar surface area (TPSA) is 56.3 Å². The van der Waals surface area contributed by atoms with Crippen molar-refractivity contribution in [2.24, 2.45) is 5.73 Å². The molecule has 5 nitrogen and oxygen atoms in total. The van der Waals surface area contributed by atoms with Crippen molar-refractivity contribution in [3.63, 3.8) is 0 Å². The predicted molar refractivity (Wildman–Crippen MR) is 98.1 cm³/mol. The monoisotopic (exact) mass is 394 g/mol. The highest BCUT2D eigenvalue weighted by atomic mass is 19.1. The van der Waals surface area contributed by atoms with Crippen LogP contribution in [0, 0.1) is 11.6 Å². The molecule has 0 saturated carbocycles. The molecule has 1 aromatic carbocycles. The number of fused-ring (bicyclic) bond motifs is 1. The average Bonchev–Trinajstić information content (AvgIpc) is 3.21. The minimum Gasteiger partial charge on any atom is -0.370 e. The third-order valence-electron chi connectivity index (χ3n) is 5.74. The fourth-order valence-electron chi connectivity index (χ4n) is 4.37. The molecule has 2 aliphatic rings. The van der Waals surface area contributed by atoms with Crippen LogP contribution in [0.2, 0.25) is 0 Å². The standard InChI is InChI=1S/C20H25F3N4O/c1-3-27-18-9-26(8-17(18)25-20(27)11(2)21)13-7-16(24)19(28-10-13)14-6-12(22)4-5-15(14)23/h4-6,11,13,16,19H,3,7-10,24H2,1-2H3/t11?,13-,16+,19-/m1/s1. The molecule has 0 radical (unpaired) electrons. The van der Waals surface area contributed by atoms with Crippen LogP contribution in [0.1, 0.15) is 55.3 Å². The van der Waals surface area contributed by atoms with E-state index in [0.717, 1.165) is 29.6 Å². The fraction of sp³-hybridized carbons (Fsp3) is 0.550. The summed E-state index contributed by atoms with van der Waals surface area (Å²) in [6.07, 6.45) is -1.17. The van der Waals surface area contributed by atoms with Crippen LogP contribution >= 0.6 is 0 Å². The Hall–Kier alpha value is -1.90. The van der Waals surface area contributed by atoms with E-state index >= 15 is 0 Å². The lowest BCUT2D eigenvalue weighted by molar-refractivity contribution is -0.0535. The van der Waals surface area contributed by atoms with Gasteiger partial charge >= 0.3 is 0 Å². The van der Waals surface area contributed by atoms with Crippen molar-refractivity contribution in [2.45, 2.75) is 64.3 Å². The van der Waals surface area contributed by atoms with Crippen molar-refractivity contribution >= 4 is 0 Å². The summed E-state index contributed by atoms with van der Waals surface area (Å²) in [5, 5.41) is 0. The Morgan fingerprint density at radius 2 is 2.11 bits per heavy atom. The summed E-state index contributed by atoms with van der Waals surface area (Å²) in [6, 6.07) is 2.94. The Balaban J connectivity index is 1.46. The summed E-state index contributed by atoms with van der Waals surface area (Å²) in [7, 11) is 0. The van der Waals surface area contributed by atoms with E-state index in [1.54, 1.807) is 0 Å². The van der Waals surface area contributed by atoms with Crippen molar-refractivity contribution in [3.05, 3.63) is 52.6 Å². The third kappa shape index (κ3) is 3.33. The first-order valence-electron chi connectivity index (χ1n) is 9.67. The molecule has 4 rings (SSSR count). The summed E-state index contributed by atoms with van der Waals surface area (Å²) in [6.45, 7) is 5.79. The van der Waals surface area contributed by atoms with Gasteiger partial charge in [-0.05, 0) is 38.5 Å². The Kier molecular flexibility index (Phi) is 5.20. The van der Waals surface area contributed by atoms with Gasteiger partial charge in [0.05, 0.1) is 18.0 Å². The molecular weight excluding hydrogens is 369 g/mol. The fourth-order valence-corrected chi connectivity index (χ4v) is 4.37. The van der Waals surface area contributed by atoms with Crippen LogP contribution in [-0.4, -0.2) is 33.1 Å². The van der Waals surface area contributed by atoms with Crippen molar-refractivity contribution in [3.8, 4) is 0 Å². The number of aromatic nitrogens is 2. The van der Waals surface area contributed by atoms with Gasteiger partial charge in [-0.3, -0.25) is 4.90 Å². The van der Waals surface area contributed by atoms with E-state index in [-0.39, 0.29) is 11.6 Å². The second kappa shape index (κ2) is 7.50. The summed E-state index contributed by atoms with van der Waals surface area (Å²) in [4.78, 5) is 6.71. The first-order valence-corrected chi connectivity index (χ1v) is 9.67. The van der Waals surface area contributed by atoms with E-state index in [0.29, 0.717) is 38.5 Å².